The van der Waals surface area contributed by atoms with E-state index in [9.17, 15) is 14.0 Å². The molecule has 1 saturated heterocycles. The monoisotopic (exact) mass is 519 g/mol. The fourth-order valence-electron chi connectivity index (χ4n) is 4.56. The number of carbonyl (C=O) groups is 2. The van der Waals surface area contributed by atoms with Gasteiger partial charge in [-0.05, 0) is 56.0 Å². The third kappa shape index (κ3) is 5.73. The first-order valence-electron chi connectivity index (χ1n) is 12.4. The van der Waals surface area contributed by atoms with Gasteiger partial charge in [0, 0.05) is 25.2 Å². The fourth-order valence-corrected chi connectivity index (χ4v) is 5.45. The van der Waals surface area contributed by atoms with Gasteiger partial charge in [-0.3, -0.25) is 19.6 Å². The van der Waals surface area contributed by atoms with Gasteiger partial charge in [0.25, 0.3) is 11.8 Å². The highest BCUT2D eigenvalue weighted by molar-refractivity contribution is 7.20. The van der Waals surface area contributed by atoms with Crippen molar-refractivity contribution in [3.05, 3.63) is 82.2 Å². The number of halogens is 1. The number of thiophene rings is 1. The lowest BCUT2D eigenvalue weighted by atomic mass is 9.94. The van der Waals surface area contributed by atoms with Gasteiger partial charge in [0.05, 0.1) is 15.8 Å². The van der Waals surface area contributed by atoms with Crippen molar-refractivity contribution in [2.45, 2.75) is 44.9 Å². The maximum Gasteiger partial charge on any atom is 0.262 e. The Labute approximate surface area is 219 Å². The molecule has 37 heavy (non-hydrogen) atoms. The van der Waals surface area contributed by atoms with E-state index in [0.717, 1.165) is 30.8 Å². The maximum atomic E-state index is 13.4. The number of hydrogen-bond acceptors (Lipinski definition) is 5. The first-order chi connectivity index (χ1) is 17.8. The number of hydrogen-bond donors (Lipinski definition) is 3. The third-order valence-corrected chi connectivity index (χ3v) is 7.81. The number of benzene rings is 2. The summed E-state index contributed by atoms with van der Waals surface area (Å²) in [6, 6.07) is 19.0. The van der Waals surface area contributed by atoms with Gasteiger partial charge in [-0.15, -0.1) is 11.3 Å². The minimum Gasteiger partial charge on any atom is -0.342 e. The fraction of sp³-hybridized carbons (Fsp3) is 0.321. The van der Waals surface area contributed by atoms with Gasteiger partial charge in [-0.2, -0.15) is 5.10 Å². The number of anilines is 1. The van der Waals surface area contributed by atoms with Crippen molar-refractivity contribution >= 4 is 39.2 Å². The number of carbonyl (C=O) groups excluding carboxylic acids is 2. The molecule has 0 atom stereocenters. The standard InChI is InChI=1S/C28H30FN5O2S/c1-28(2,20-6-4-3-5-7-20)31-26(36)23-16-22-24(32-33-27(22)37-23)30-25(35)19-10-8-18(9-11-19)17-34-14-12-21(29)13-15-34/h3-11,16,21H,12-15,17H2,1-2H3,(H,31,36)(H2,30,32,33,35). The summed E-state index contributed by atoms with van der Waals surface area (Å²) in [6.45, 7) is 6.18. The van der Waals surface area contributed by atoms with Gasteiger partial charge in [-0.25, -0.2) is 4.39 Å². The van der Waals surface area contributed by atoms with Gasteiger partial charge < -0.3 is 10.6 Å². The van der Waals surface area contributed by atoms with Crippen molar-refractivity contribution in [2.75, 3.05) is 18.4 Å². The molecule has 9 heteroatoms. The van der Waals surface area contributed by atoms with E-state index >= 15 is 0 Å². The molecule has 0 radical (unpaired) electrons. The number of aromatic nitrogens is 2. The topological polar surface area (TPSA) is 90.1 Å². The number of aromatic amines is 1. The van der Waals surface area contributed by atoms with Crippen LogP contribution in [0.1, 0.15) is 57.8 Å². The molecule has 4 aromatic rings. The largest absolute Gasteiger partial charge is 0.342 e. The number of piperidine rings is 1. The molecule has 0 unspecified atom stereocenters. The second-order valence-electron chi connectivity index (χ2n) is 9.97. The van der Waals surface area contributed by atoms with Crippen LogP contribution in [-0.4, -0.2) is 46.2 Å². The number of alkyl halides is 1. The van der Waals surface area contributed by atoms with Crippen LogP contribution in [0.4, 0.5) is 10.2 Å². The summed E-state index contributed by atoms with van der Waals surface area (Å²) in [4.78, 5) is 29.4. The molecule has 2 aromatic heterocycles. The first kappa shape index (κ1) is 25.1. The quantitative estimate of drug-likeness (QED) is 0.302. The van der Waals surface area contributed by atoms with Crippen LogP contribution in [0.5, 0.6) is 0 Å². The molecule has 1 fully saturated rings. The van der Waals surface area contributed by atoms with E-state index in [4.69, 9.17) is 0 Å². The molecule has 3 heterocycles. The normalized spacial score (nSPS) is 15.1. The van der Waals surface area contributed by atoms with E-state index in [-0.39, 0.29) is 11.8 Å². The van der Waals surface area contributed by atoms with Crippen LogP contribution in [-0.2, 0) is 12.1 Å². The van der Waals surface area contributed by atoms with Gasteiger partial charge in [0.1, 0.15) is 11.0 Å². The highest BCUT2D eigenvalue weighted by Crippen LogP contribution is 2.30. The van der Waals surface area contributed by atoms with Crippen LogP contribution in [0.25, 0.3) is 10.2 Å². The Morgan fingerprint density at radius 2 is 1.78 bits per heavy atom. The van der Waals surface area contributed by atoms with E-state index < -0.39 is 11.7 Å². The van der Waals surface area contributed by atoms with E-state index in [1.165, 1.54) is 11.3 Å². The highest BCUT2D eigenvalue weighted by atomic mass is 32.1. The Bertz CT molecular complexity index is 1390. The molecule has 1 aliphatic rings. The second kappa shape index (κ2) is 10.4. The number of H-pyrrole nitrogens is 1. The zero-order valence-corrected chi connectivity index (χ0v) is 21.7. The lowest BCUT2D eigenvalue weighted by Crippen LogP contribution is -2.40. The molecule has 5 rings (SSSR count). The molecular weight excluding hydrogens is 489 g/mol. The Hall–Kier alpha value is -3.56. The number of likely N-dealkylation sites (tertiary alicyclic amines) is 1. The average Bonchev–Trinajstić information content (AvgIpc) is 3.48. The summed E-state index contributed by atoms with van der Waals surface area (Å²) < 4.78 is 13.4. The molecule has 0 spiro atoms. The number of nitrogens with one attached hydrogen (secondary N) is 3. The SMILES string of the molecule is CC(C)(NC(=O)c1cc2c(NC(=O)c3ccc(CN4CCC(F)CC4)cc3)n[nH]c2s1)c1ccccc1. The van der Waals surface area contributed by atoms with Crippen molar-refractivity contribution in [3.63, 3.8) is 0 Å². The zero-order chi connectivity index (χ0) is 26.0. The average molecular weight is 520 g/mol. The van der Waals surface area contributed by atoms with Crippen LogP contribution in [0.3, 0.4) is 0 Å². The van der Waals surface area contributed by atoms with Crippen LogP contribution in [0.2, 0.25) is 0 Å². The Morgan fingerprint density at radius 3 is 2.49 bits per heavy atom. The van der Waals surface area contributed by atoms with Crippen molar-refractivity contribution in [1.29, 1.82) is 0 Å². The van der Waals surface area contributed by atoms with E-state index in [0.29, 0.717) is 39.3 Å². The molecule has 3 N–H and O–H groups in total. The third-order valence-electron chi connectivity index (χ3n) is 6.77. The predicted molar refractivity (Wildman–Crippen MR) is 145 cm³/mol. The van der Waals surface area contributed by atoms with Crippen molar-refractivity contribution in [2.24, 2.45) is 0 Å². The summed E-state index contributed by atoms with van der Waals surface area (Å²) in [5.74, 6) is -0.0801. The number of amides is 2. The smallest absolute Gasteiger partial charge is 0.262 e. The molecule has 0 aliphatic carbocycles. The van der Waals surface area contributed by atoms with Gasteiger partial charge in [-0.1, -0.05) is 42.5 Å². The van der Waals surface area contributed by atoms with Crippen LogP contribution in [0.15, 0.2) is 60.7 Å². The summed E-state index contributed by atoms with van der Waals surface area (Å²) in [7, 11) is 0. The van der Waals surface area contributed by atoms with Crippen LogP contribution < -0.4 is 10.6 Å². The van der Waals surface area contributed by atoms with Crippen molar-refractivity contribution < 1.29 is 14.0 Å². The zero-order valence-electron chi connectivity index (χ0n) is 20.9. The molecule has 192 valence electrons. The van der Waals surface area contributed by atoms with Gasteiger partial charge in [0.2, 0.25) is 0 Å². The molecule has 1 aliphatic heterocycles. The van der Waals surface area contributed by atoms with Crippen molar-refractivity contribution in [3.8, 4) is 0 Å². The lowest BCUT2D eigenvalue weighted by Gasteiger charge is -2.28. The predicted octanol–water partition coefficient (Wildman–Crippen LogP) is 5.48. The Kier molecular flexibility index (Phi) is 7.08. The van der Waals surface area contributed by atoms with E-state index in [1.54, 1.807) is 18.2 Å². The molecule has 0 bridgehead atoms. The summed E-state index contributed by atoms with van der Waals surface area (Å²) in [5, 5.41) is 13.8. The highest BCUT2D eigenvalue weighted by Gasteiger charge is 2.25. The molecular formula is C28H30FN5O2S. The van der Waals surface area contributed by atoms with Gasteiger partial charge >= 0.3 is 0 Å². The Morgan fingerprint density at radius 1 is 1.08 bits per heavy atom. The number of nitrogens with zero attached hydrogens (tertiary/aromatic N) is 2. The number of fused-ring (bicyclic) bond motifs is 1. The maximum absolute atomic E-state index is 13.4. The van der Waals surface area contributed by atoms with Crippen LogP contribution >= 0.6 is 11.3 Å². The Balaban J connectivity index is 1.23. The molecule has 0 saturated carbocycles. The minimum absolute atomic E-state index is 0.188. The van der Waals surface area contributed by atoms with Gasteiger partial charge in [0.15, 0.2) is 5.82 Å². The summed E-state index contributed by atoms with van der Waals surface area (Å²) >= 11 is 1.29. The summed E-state index contributed by atoms with van der Waals surface area (Å²) in [5.41, 5.74) is 2.07. The lowest BCUT2D eigenvalue weighted by molar-refractivity contribution is 0.0915. The first-order valence-corrected chi connectivity index (χ1v) is 13.2. The summed E-state index contributed by atoms with van der Waals surface area (Å²) in [6.07, 6.45) is 0.468. The molecule has 2 amide bonds. The molecule has 7 nitrogen and oxygen atoms in total. The second-order valence-corrected chi connectivity index (χ2v) is 11.0. The van der Waals surface area contributed by atoms with Crippen LogP contribution in [0, 0.1) is 0 Å². The van der Waals surface area contributed by atoms with Crippen molar-refractivity contribution in [1.82, 2.24) is 20.4 Å². The van der Waals surface area contributed by atoms with E-state index in [2.05, 4.69) is 25.7 Å². The number of rotatable bonds is 7. The molecule has 2 aromatic carbocycles. The minimum atomic E-state index is -0.689. The van der Waals surface area contributed by atoms with E-state index in [1.807, 2.05) is 56.3 Å².